The minimum atomic E-state index is -0.760. The van der Waals surface area contributed by atoms with Crippen molar-refractivity contribution in [3.8, 4) is 5.75 Å². The monoisotopic (exact) mass is 404 g/mol. The zero-order chi connectivity index (χ0) is 20.1. The molecule has 0 aromatic heterocycles. The lowest BCUT2D eigenvalue weighted by atomic mass is 9.95. The molecule has 1 unspecified atom stereocenters. The van der Waals surface area contributed by atoms with Crippen LogP contribution in [0.15, 0.2) is 59.8 Å². The molecule has 0 saturated heterocycles. The van der Waals surface area contributed by atoms with Crippen molar-refractivity contribution in [3.05, 3.63) is 76.2 Å². The first-order valence-electron chi connectivity index (χ1n) is 8.60. The molecule has 1 aliphatic heterocycles. The Kier molecular flexibility index (Phi) is 6.16. The van der Waals surface area contributed by atoms with Crippen molar-refractivity contribution >= 4 is 23.6 Å². The summed E-state index contributed by atoms with van der Waals surface area (Å²) in [6.45, 7) is 1.62. The van der Waals surface area contributed by atoms with Crippen LogP contribution in [0.5, 0.6) is 5.75 Å². The predicted molar refractivity (Wildman–Crippen MR) is 101 cm³/mol. The highest BCUT2D eigenvalue weighted by atomic mass is 35.5. The summed E-state index contributed by atoms with van der Waals surface area (Å²) in [4.78, 5) is 24.8. The van der Waals surface area contributed by atoms with Crippen LogP contribution < -0.4 is 15.4 Å². The average molecular weight is 405 g/mol. The molecular weight excluding hydrogens is 387 g/mol. The van der Waals surface area contributed by atoms with Crippen LogP contribution >= 0.6 is 11.6 Å². The Hall–Kier alpha value is -3.06. The summed E-state index contributed by atoms with van der Waals surface area (Å²) < 4.78 is 24.5. The number of hydrogen-bond donors (Lipinski definition) is 2. The van der Waals surface area contributed by atoms with Gasteiger partial charge in [-0.25, -0.2) is 14.0 Å². The fourth-order valence-corrected chi connectivity index (χ4v) is 2.92. The molecule has 0 bridgehead atoms. The van der Waals surface area contributed by atoms with Crippen LogP contribution in [0.3, 0.4) is 0 Å². The van der Waals surface area contributed by atoms with E-state index in [-0.39, 0.29) is 30.2 Å². The quantitative estimate of drug-likeness (QED) is 0.719. The highest BCUT2D eigenvalue weighted by Gasteiger charge is 2.34. The van der Waals surface area contributed by atoms with Gasteiger partial charge in [-0.05, 0) is 36.8 Å². The van der Waals surface area contributed by atoms with E-state index in [1.54, 1.807) is 37.3 Å². The van der Waals surface area contributed by atoms with Crippen LogP contribution in [0, 0.1) is 5.82 Å². The van der Waals surface area contributed by atoms with Gasteiger partial charge in [-0.3, -0.25) is 0 Å². The number of halogens is 2. The van der Waals surface area contributed by atoms with Crippen molar-refractivity contribution < 1.29 is 23.5 Å². The third-order valence-corrected chi connectivity index (χ3v) is 4.31. The molecule has 2 aromatic carbocycles. The number of amides is 2. The average Bonchev–Trinajstić information content (AvgIpc) is 2.67. The molecule has 2 aromatic rings. The Morgan fingerprint density at radius 3 is 2.57 bits per heavy atom. The van der Waals surface area contributed by atoms with Crippen LogP contribution in [-0.2, 0) is 9.53 Å². The Morgan fingerprint density at radius 2 is 1.89 bits per heavy atom. The van der Waals surface area contributed by atoms with Gasteiger partial charge >= 0.3 is 12.0 Å². The second kappa shape index (κ2) is 8.75. The number of urea groups is 1. The van der Waals surface area contributed by atoms with Gasteiger partial charge < -0.3 is 20.1 Å². The first-order chi connectivity index (χ1) is 13.5. The van der Waals surface area contributed by atoms with Crippen LogP contribution in [0.4, 0.5) is 9.18 Å². The number of benzene rings is 2. The summed E-state index contributed by atoms with van der Waals surface area (Å²) in [6, 6.07) is 11.3. The van der Waals surface area contributed by atoms with E-state index in [9.17, 15) is 14.0 Å². The molecular formula is C20H18ClFN2O4. The number of esters is 1. The smallest absolute Gasteiger partial charge is 0.338 e. The molecule has 6 nitrogen and oxygen atoms in total. The van der Waals surface area contributed by atoms with Crippen molar-refractivity contribution in [2.45, 2.75) is 13.0 Å². The number of hydrogen-bond acceptors (Lipinski definition) is 4. The predicted octanol–water partition coefficient (Wildman–Crippen LogP) is 3.73. The van der Waals surface area contributed by atoms with Crippen LogP contribution in [0.1, 0.15) is 18.5 Å². The second-order valence-electron chi connectivity index (χ2n) is 5.91. The van der Waals surface area contributed by atoms with Gasteiger partial charge in [0.1, 0.15) is 6.61 Å². The molecule has 3 rings (SSSR count). The van der Waals surface area contributed by atoms with Gasteiger partial charge in [-0.1, -0.05) is 35.9 Å². The molecule has 28 heavy (non-hydrogen) atoms. The lowest BCUT2D eigenvalue weighted by molar-refractivity contribution is -0.139. The number of carbonyl (C=O) groups is 2. The van der Waals surface area contributed by atoms with Crippen molar-refractivity contribution in [3.63, 3.8) is 0 Å². The number of rotatable bonds is 6. The van der Waals surface area contributed by atoms with Gasteiger partial charge in [-0.2, -0.15) is 0 Å². The molecule has 2 amide bonds. The van der Waals surface area contributed by atoms with E-state index in [1.165, 1.54) is 18.2 Å². The van der Waals surface area contributed by atoms with Gasteiger partial charge in [0.25, 0.3) is 0 Å². The lowest BCUT2D eigenvalue weighted by Crippen LogP contribution is -2.47. The molecule has 146 valence electrons. The fourth-order valence-electron chi connectivity index (χ4n) is 2.80. The third kappa shape index (κ3) is 4.43. The van der Waals surface area contributed by atoms with Crippen molar-refractivity contribution in [2.75, 3.05) is 13.2 Å². The van der Waals surface area contributed by atoms with Crippen molar-refractivity contribution in [2.24, 2.45) is 0 Å². The molecule has 0 saturated carbocycles. The number of nitrogens with one attached hydrogen (secondary N) is 2. The van der Waals surface area contributed by atoms with E-state index in [4.69, 9.17) is 21.1 Å². The molecule has 0 fully saturated rings. The Labute approximate surface area is 166 Å². The zero-order valence-electron chi connectivity index (χ0n) is 15.0. The van der Waals surface area contributed by atoms with Gasteiger partial charge in [0, 0.05) is 5.02 Å². The summed E-state index contributed by atoms with van der Waals surface area (Å²) in [5.74, 6) is -1.15. The summed E-state index contributed by atoms with van der Waals surface area (Å²) >= 11 is 5.93. The fraction of sp³-hybridized carbons (Fsp3) is 0.200. The van der Waals surface area contributed by atoms with Gasteiger partial charge in [0.05, 0.1) is 23.9 Å². The summed E-state index contributed by atoms with van der Waals surface area (Å²) in [5.41, 5.74) is 1.02. The number of carbonyl (C=O) groups excluding carboxylic acids is 2. The Bertz CT molecular complexity index is 915. The number of ether oxygens (including phenoxy) is 2. The van der Waals surface area contributed by atoms with Crippen molar-refractivity contribution in [1.29, 1.82) is 0 Å². The van der Waals surface area contributed by atoms with E-state index in [0.29, 0.717) is 10.6 Å². The van der Waals surface area contributed by atoms with Crippen molar-refractivity contribution in [1.82, 2.24) is 10.6 Å². The summed E-state index contributed by atoms with van der Waals surface area (Å²) in [5, 5.41) is 5.78. The molecule has 8 heteroatoms. The molecule has 2 N–H and O–H groups in total. The maximum absolute atomic E-state index is 13.8. The van der Waals surface area contributed by atoms with Crippen LogP contribution in [-0.4, -0.2) is 25.2 Å². The zero-order valence-corrected chi connectivity index (χ0v) is 15.8. The Morgan fingerprint density at radius 1 is 1.18 bits per heavy atom. The largest absolute Gasteiger partial charge is 0.484 e. The topological polar surface area (TPSA) is 76.7 Å². The molecule has 0 spiro atoms. The van der Waals surface area contributed by atoms with Crippen LogP contribution in [0.25, 0.3) is 0 Å². The van der Waals surface area contributed by atoms with Gasteiger partial charge in [0.2, 0.25) is 0 Å². The highest BCUT2D eigenvalue weighted by Crippen LogP contribution is 2.29. The summed E-state index contributed by atoms with van der Waals surface area (Å²) in [6.07, 6.45) is 0. The molecule has 1 atom stereocenters. The Balaban J connectivity index is 1.97. The molecule has 0 aliphatic carbocycles. The normalized spacial score (nSPS) is 16.2. The lowest BCUT2D eigenvalue weighted by Gasteiger charge is -2.29. The maximum Gasteiger partial charge on any atom is 0.338 e. The van der Waals surface area contributed by atoms with E-state index in [0.717, 1.165) is 0 Å². The molecule has 1 aliphatic rings. The van der Waals surface area contributed by atoms with Gasteiger partial charge in [0.15, 0.2) is 11.6 Å². The minimum Gasteiger partial charge on any atom is -0.484 e. The van der Waals surface area contributed by atoms with E-state index < -0.39 is 23.9 Å². The molecule has 1 heterocycles. The third-order valence-electron chi connectivity index (χ3n) is 4.06. The SMILES string of the molecule is CCOC(=O)C1=C(COc2ccccc2F)NC(=O)NC1c1ccc(Cl)cc1. The van der Waals surface area contributed by atoms with Gasteiger partial charge in [-0.15, -0.1) is 0 Å². The first kappa shape index (κ1) is 19.7. The number of para-hydroxylation sites is 1. The minimum absolute atomic E-state index is 0.00836. The van der Waals surface area contributed by atoms with E-state index in [2.05, 4.69) is 10.6 Å². The van der Waals surface area contributed by atoms with E-state index >= 15 is 0 Å². The standard InChI is InChI=1S/C20H18ClFN2O4/c1-2-27-19(25)17-15(11-28-16-6-4-3-5-14(16)22)23-20(26)24-18(17)12-7-9-13(21)10-8-12/h3-10,18H,2,11H2,1H3,(H2,23,24,26). The van der Waals surface area contributed by atoms with Crippen LogP contribution in [0.2, 0.25) is 5.02 Å². The first-order valence-corrected chi connectivity index (χ1v) is 8.98. The summed E-state index contributed by atoms with van der Waals surface area (Å²) in [7, 11) is 0. The highest BCUT2D eigenvalue weighted by molar-refractivity contribution is 6.30. The second-order valence-corrected chi connectivity index (χ2v) is 6.35. The maximum atomic E-state index is 13.8. The van der Waals surface area contributed by atoms with E-state index in [1.807, 2.05) is 0 Å². The molecule has 0 radical (unpaired) electrons.